The molecule has 2 rings (SSSR count). The van der Waals surface area contributed by atoms with Crippen LogP contribution in [0.3, 0.4) is 0 Å². The lowest BCUT2D eigenvalue weighted by Gasteiger charge is -2.08. The van der Waals surface area contributed by atoms with E-state index in [1.165, 1.54) is 0 Å². The molecule has 0 aliphatic carbocycles. The lowest BCUT2D eigenvalue weighted by Crippen LogP contribution is -2.19. The molecule has 0 spiro atoms. The van der Waals surface area contributed by atoms with Crippen LogP contribution in [0.2, 0.25) is 0 Å². The van der Waals surface area contributed by atoms with Crippen LogP contribution in [-0.4, -0.2) is 61.4 Å². The van der Waals surface area contributed by atoms with Crippen LogP contribution in [0.1, 0.15) is 54.4 Å². The molecule has 2 fully saturated rings. The Morgan fingerprint density at radius 2 is 1.05 bits per heavy atom. The topological polar surface area (TPSA) is 6.48 Å². The number of alkyl halides is 2. The maximum Gasteiger partial charge on any atom is 0.114 e. The van der Waals surface area contributed by atoms with E-state index in [2.05, 4.69) is 23.6 Å². The van der Waals surface area contributed by atoms with E-state index in [9.17, 15) is 8.78 Å². The molecule has 2 aliphatic rings. The maximum atomic E-state index is 12.3. The minimum atomic E-state index is -0.546. The first kappa shape index (κ1) is 22.1. The molecule has 0 aromatic heterocycles. The van der Waals surface area contributed by atoms with Crippen molar-refractivity contribution in [1.29, 1.82) is 0 Å². The van der Waals surface area contributed by atoms with Crippen LogP contribution >= 0.6 is 0 Å². The summed E-state index contributed by atoms with van der Waals surface area (Å²) in [5.41, 5.74) is 0. The summed E-state index contributed by atoms with van der Waals surface area (Å²) in [5, 5.41) is 0. The third-order valence-electron chi connectivity index (χ3n) is 3.32. The van der Waals surface area contributed by atoms with Gasteiger partial charge in [-0.25, -0.2) is 8.78 Å². The standard InChI is InChI=1S/2C6H12FN.2C2H6/c2*1-2-8-4-3-6(7)5-8;2*1-2/h2*6H,2-5H2,1H3;2*1-2H3. The Bertz CT molecular complexity index is 171. The van der Waals surface area contributed by atoms with Gasteiger partial charge in [-0.05, 0) is 25.9 Å². The fraction of sp³-hybridized carbons (Fsp3) is 1.00. The van der Waals surface area contributed by atoms with E-state index in [-0.39, 0.29) is 0 Å². The second-order valence-electron chi connectivity index (χ2n) is 4.56. The first-order chi connectivity index (χ1) is 9.65. The van der Waals surface area contributed by atoms with Crippen LogP contribution in [0.15, 0.2) is 0 Å². The minimum absolute atomic E-state index is 0.546. The SMILES string of the molecule is CC.CC.CCN1CCC(F)C1.CCN1CCC(F)C1. The fourth-order valence-corrected chi connectivity index (χ4v) is 2.15. The molecule has 0 amide bonds. The highest BCUT2D eigenvalue weighted by Gasteiger charge is 2.19. The molecule has 0 N–H and O–H groups in total. The molecule has 0 aromatic rings. The summed E-state index contributed by atoms with van der Waals surface area (Å²) in [6.45, 7) is 17.4. The minimum Gasteiger partial charge on any atom is -0.301 e. The van der Waals surface area contributed by atoms with Crippen molar-refractivity contribution in [3.8, 4) is 0 Å². The quantitative estimate of drug-likeness (QED) is 0.755. The summed E-state index contributed by atoms with van der Waals surface area (Å²) in [6.07, 6.45) is 0.395. The largest absolute Gasteiger partial charge is 0.301 e. The number of likely N-dealkylation sites (tertiary alicyclic amines) is 2. The zero-order valence-electron chi connectivity index (χ0n) is 14.5. The van der Waals surface area contributed by atoms with E-state index in [4.69, 9.17) is 0 Å². The lowest BCUT2D eigenvalue weighted by molar-refractivity contribution is 0.297. The van der Waals surface area contributed by atoms with Gasteiger partial charge in [0.2, 0.25) is 0 Å². The molecule has 2 aliphatic heterocycles. The molecule has 0 aromatic carbocycles. The zero-order chi connectivity index (χ0) is 16.0. The van der Waals surface area contributed by atoms with E-state index >= 15 is 0 Å². The van der Waals surface area contributed by atoms with E-state index in [1.807, 2.05) is 27.7 Å². The number of rotatable bonds is 2. The second-order valence-corrected chi connectivity index (χ2v) is 4.56. The van der Waals surface area contributed by atoms with Crippen molar-refractivity contribution in [2.75, 3.05) is 39.3 Å². The average molecular weight is 294 g/mol. The molecule has 2 atom stereocenters. The van der Waals surface area contributed by atoms with Crippen molar-refractivity contribution in [3.63, 3.8) is 0 Å². The van der Waals surface area contributed by atoms with Crippen molar-refractivity contribution in [2.45, 2.75) is 66.7 Å². The van der Waals surface area contributed by atoms with Crippen LogP contribution in [-0.2, 0) is 0 Å². The predicted octanol–water partition coefficient (Wildman–Crippen LogP) is 4.15. The van der Waals surface area contributed by atoms with Gasteiger partial charge in [0.15, 0.2) is 0 Å². The number of hydrogen-bond acceptors (Lipinski definition) is 2. The molecular formula is C16H36F2N2. The summed E-state index contributed by atoms with van der Waals surface area (Å²) in [7, 11) is 0. The van der Waals surface area contributed by atoms with Crippen molar-refractivity contribution in [1.82, 2.24) is 9.80 Å². The van der Waals surface area contributed by atoms with E-state index in [0.717, 1.165) is 39.0 Å². The van der Waals surface area contributed by atoms with Crippen LogP contribution < -0.4 is 0 Å². The van der Waals surface area contributed by atoms with Crippen molar-refractivity contribution in [2.24, 2.45) is 0 Å². The molecule has 0 saturated carbocycles. The average Bonchev–Trinajstić information content (AvgIpc) is 3.12. The molecule has 124 valence electrons. The molecule has 20 heavy (non-hydrogen) atoms. The van der Waals surface area contributed by atoms with Crippen molar-refractivity contribution in [3.05, 3.63) is 0 Å². The van der Waals surface area contributed by atoms with E-state index < -0.39 is 12.3 Å². The maximum absolute atomic E-state index is 12.3. The van der Waals surface area contributed by atoms with Gasteiger partial charge < -0.3 is 9.80 Å². The Kier molecular flexibility index (Phi) is 16.7. The summed E-state index contributed by atoms with van der Waals surface area (Å²) < 4.78 is 24.6. The van der Waals surface area contributed by atoms with Gasteiger partial charge in [0, 0.05) is 26.2 Å². The Labute approximate surface area is 125 Å². The third kappa shape index (κ3) is 10.6. The molecule has 4 heteroatoms. The number of hydrogen-bond donors (Lipinski definition) is 0. The Hall–Kier alpha value is -0.220. The van der Waals surface area contributed by atoms with Gasteiger partial charge in [-0.2, -0.15) is 0 Å². The first-order valence-electron chi connectivity index (χ1n) is 8.38. The highest BCUT2D eigenvalue weighted by atomic mass is 19.1. The first-order valence-corrected chi connectivity index (χ1v) is 8.38. The van der Waals surface area contributed by atoms with Crippen LogP contribution in [0.5, 0.6) is 0 Å². The smallest absolute Gasteiger partial charge is 0.114 e. The normalized spacial score (nSPS) is 25.8. The van der Waals surface area contributed by atoms with Gasteiger partial charge in [0.1, 0.15) is 12.3 Å². The summed E-state index contributed by atoms with van der Waals surface area (Å²) >= 11 is 0. The molecule has 2 heterocycles. The van der Waals surface area contributed by atoms with Gasteiger partial charge in [-0.1, -0.05) is 41.5 Å². The van der Waals surface area contributed by atoms with Crippen LogP contribution in [0, 0.1) is 0 Å². The molecule has 2 saturated heterocycles. The zero-order valence-corrected chi connectivity index (χ0v) is 14.5. The highest BCUT2D eigenvalue weighted by Crippen LogP contribution is 2.11. The number of nitrogens with zero attached hydrogens (tertiary/aromatic N) is 2. The van der Waals surface area contributed by atoms with E-state index in [0.29, 0.717) is 13.1 Å². The summed E-state index contributed by atoms with van der Waals surface area (Å²) in [5.74, 6) is 0. The van der Waals surface area contributed by atoms with Crippen molar-refractivity contribution >= 4 is 0 Å². The Morgan fingerprint density at radius 1 is 0.750 bits per heavy atom. The lowest BCUT2D eigenvalue weighted by atomic mass is 10.3. The molecular weight excluding hydrogens is 258 g/mol. The van der Waals surface area contributed by atoms with Gasteiger partial charge >= 0.3 is 0 Å². The van der Waals surface area contributed by atoms with Gasteiger partial charge in [0.25, 0.3) is 0 Å². The van der Waals surface area contributed by atoms with Gasteiger partial charge in [-0.15, -0.1) is 0 Å². The van der Waals surface area contributed by atoms with E-state index in [1.54, 1.807) is 0 Å². The van der Waals surface area contributed by atoms with Gasteiger partial charge in [-0.3, -0.25) is 0 Å². The molecule has 2 unspecified atom stereocenters. The fourth-order valence-electron chi connectivity index (χ4n) is 2.15. The summed E-state index contributed by atoms with van der Waals surface area (Å²) in [6, 6.07) is 0. The third-order valence-corrected chi connectivity index (χ3v) is 3.32. The molecule has 0 bridgehead atoms. The summed E-state index contributed by atoms with van der Waals surface area (Å²) in [4.78, 5) is 4.26. The predicted molar refractivity (Wildman–Crippen MR) is 86.0 cm³/mol. The van der Waals surface area contributed by atoms with Crippen LogP contribution in [0.4, 0.5) is 8.78 Å². The van der Waals surface area contributed by atoms with Gasteiger partial charge in [0.05, 0.1) is 0 Å². The van der Waals surface area contributed by atoms with Crippen LogP contribution in [0.25, 0.3) is 0 Å². The monoisotopic (exact) mass is 294 g/mol. The molecule has 2 nitrogen and oxygen atoms in total. The molecule has 0 radical (unpaired) electrons. The second kappa shape index (κ2) is 15.2. The Morgan fingerprint density at radius 3 is 1.15 bits per heavy atom. The highest BCUT2D eigenvalue weighted by molar-refractivity contribution is 4.73. The van der Waals surface area contributed by atoms with Crippen molar-refractivity contribution < 1.29 is 8.78 Å². The number of halogens is 2. The Balaban J connectivity index is 0.